The Balaban J connectivity index is 2.28. The van der Waals surface area contributed by atoms with Crippen LogP contribution in [0.5, 0.6) is 0 Å². The first-order valence-corrected chi connectivity index (χ1v) is 5.52. The zero-order valence-corrected chi connectivity index (χ0v) is 10.5. The predicted octanol–water partition coefficient (Wildman–Crippen LogP) is 1.50. The van der Waals surface area contributed by atoms with Gasteiger partial charge < -0.3 is 9.84 Å². The SMILES string of the molecule is CC(=O)NC(C)(C)c1noc(-c2ccncc2)n1. The van der Waals surface area contributed by atoms with Crippen molar-refractivity contribution in [3.05, 3.63) is 30.4 Å². The van der Waals surface area contributed by atoms with Crippen molar-refractivity contribution in [1.82, 2.24) is 20.4 Å². The van der Waals surface area contributed by atoms with Crippen LogP contribution in [0.1, 0.15) is 26.6 Å². The largest absolute Gasteiger partial charge is 0.344 e. The van der Waals surface area contributed by atoms with E-state index in [0.717, 1.165) is 5.56 Å². The molecule has 2 heterocycles. The third kappa shape index (κ3) is 2.53. The van der Waals surface area contributed by atoms with Gasteiger partial charge in [-0.2, -0.15) is 4.98 Å². The molecule has 0 aliphatic heterocycles. The Morgan fingerprint density at radius 1 is 1.33 bits per heavy atom. The molecule has 6 nitrogen and oxygen atoms in total. The highest BCUT2D eigenvalue weighted by Gasteiger charge is 2.27. The number of rotatable bonds is 3. The number of carbonyl (C=O) groups excluding carboxylic acids is 1. The average molecular weight is 246 g/mol. The van der Waals surface area contributed by atoms with Crippen LogP contribution in [0.4, 0.5) is 0 Å². The molecule has 0 bridgehead atoms. The van der Waals surface area contributed by atoms with Crippen molar-refractivity contribution in [2.24, 2.45) is 0 Å². The summed E-state index contributed by atoms with van der Waals surface area (Å²) in [5.41, 5.74) is 0.128. The van der Waals surface area contributed by atoms with E-state index < -0.39 is 5.54 Å². The summed E-state index contributed by atoms with van der Waals surface area (Å²) in [5, 5.41) is 6.66. The van der Waals surface area contributed by atoms with Crippen molar-refractivity contribution in [2.45, 2.75) is 26.3 Å². The summed E-state index contributed by atoms with van der Waals surface area (Å²) in [6.07, 6.45) is 3.30. The lowest BCUT2D eigenvalue weighted by Crippen LogP contribution is -2.40. The molecule has 0 radical (unpaired) electrons. The van der Waals surface area contributed by atoms with Gasteiger partial charge in [0, 0.05) is 24.9 Å². The summed E-state index contributed by atoms with van der Waals surface area (Å²) < 4.78 is 5.18. The number of hydrogen-bond donors (Lipinski definition) is 1. The summed E-state index contributed by atoms with van der Waals surface area (Å²) in [4.78, 5) is 19.3. The van der Waals surface area contributed by atoms with Crippen LogP contribution in [0.3, 0.4) is 0 Å². The fraction of sp³-hybridized carbons (Fsp3) is 0.333. The second-order valence-corrected chi connectivity index (χ2v) is 4.47. The highest BCUT2D eigenvalue weighted by atomic mass is 16.5. The molecule has 6 heteroatoms. The Morgan fingerprint density at radius 3 is 2.61 bits per heavy atom. The number of amides is 1. The summed E-state index contributed by atoms with van der Waals surface area (Å²) >= 11 is 0. The molecule has 2 aromatic rings. The van der Waals surface area contributed by atoms with Crippen LogP contribution < -0.4 is 5.32 Å². The Kier molecular flexibility index (Phi) is 3.10. The minimum Gasteiger partial charge on any atom is -0.344 e. The van der Waals surface area contributed by atoms with Gasteiger partial charge in [0.15, 0.2) is 5.82 Å². The fourth-order valence-electron chi connectivity index (χ4n) is 1.59. The van der Waals surface area contributed by atoms with Crippen molar-refractivity contribution in [3.63, 3.8) is 0 Å². The van der Waals surface area contributed by atoms with Crippen molar-refractivity contribution >= 4 is 5.91 Å². The van der Waals surface area contributed by atoms with Gasteiger partial charge in [0.25, 0.3) is 5.89 Å². The molecule has 0 aliphatic carbocycles. The van der Waals surface area contributed by atoms with E-state index in [2.05, 4.69) is 20.4 Å². The summed E-state index contributed by atoms with van der Waals surface area (Å²) in [6, 6.07) is 3.56. The highest BCUT2D eigenvalue weighted by molar-refractivity contribution is 5.73. The first-order valence-electron chi connectivity index (χ1n) is 5.52. The van der Waals surface area contributed by atoms with E-state index in [9.17, 15) is 4.79 Å². The number of nitrogens with zero attached hydrogens (tertiary/aromatic N) is 3. The first kappa shape index (κ1) is 12.2. The molecule has 1 N–H and O–H groups in total. The van der Waals surface area contributed by atoms with Crippen molar-refractivity contribution in [3.8, 4) is 11.5 Å². The van der Waals surface area contributed by atoms with Gasteiger partial charge in [-0.1, -0.05) is 5.16 Å². The van der Waals surface area contributed by atoms with Gasteiger partial charge >= 0.3 is 0 Å². The monoisotopic (exact) mass is 246 g/mol. The quantitative estimate of drug-likeness (QED) is 0.887. The van der Waals surface area contributed by atoms with Gasteiger partial charge in [-0.05, 0) is 26.0 Å². The maximum absolute atomic E-state index is 11.1. The van der Waals surface area contributed by atoms with Gasteiger partial charge in [0.05, 0.1) is 5.54 Å². The molecule has 0 aromatic carbocycles. The lowest BCUT2D eigenvalue weighted by atomic mass is 10.1. The summed E-state index contributed by atoms with van der Waals surface area (Å²) in [5.74, 6) is 0.700. The maximum atomic E-state index is 11.1. The highest BCUT2D eigenvalue weighted by Crippen LogP contribution is 2.21. The number of aromatic nitrogens is 3. The van der Waals surface area contributed by atoms with Gasteiger partial charge in [0.2, 0.25) is 5.91 Å². The molecule has 0 saturated heterocycles. The molecule has 94 valence electrons. The zero-order chi connectivity index (χ0) is 13.2. The molecule has 2 aromatic heterocycles. The molecular formula is C12H14N4O2. The van der Waals surface area contributed by atoms with E-state index in [1.54, 1.807) is 24.5 Å². The van der Waals surface area contributed by atoms with Crippen LogP contribution in [0.15, 0.2) is 29.0 Å². The Morgan fingerprint density at radius 2 is 2.00 bits per heavy atom. The van der Waals surface area contributed by atoms with E-state index in [1.807, 2.05) is 13.8 Å². The van der Waals surface area contributed by atoms with Crippen LogP contribution in [-0.4, -0.2) is 21.0 Å². The molecule has 2 rings (SSSR count). The molecule has 0 fully saturated rings. The van der Waals surface area contributed by atoms with Gasteiger partial charge in [0.1, 0.15) is 0 Å². The standard InChI is InChI=1S/C12H14N4O2/c1-8(17)15-12(2,3)11-14-10(18-16-11)9-4-6-13-7-5-9/h4-7H,1-3H3,(H,15,17). The molecule has 0 aliphatic rings. The van der Waals surface area contributed by atoms with Crippen LogP contribution in [-0.2, 0) is 10.3 Å². The van der Waals surface area contributed by atoms with Crippen LogP contribution >= 0.6 is 0 Å². The van der Waals surface area contributed by atoms with Crippen molar-refractivity contribution in [2.75, 3.05) is 0 Å². The van der Waals surface area contributed by atoms with E-state index in [-0.39, 0.29) is 5.91 Å². The lowest BCUT2D eigenvalue weighted by Gasteiger charge is -2.20. The Labute approximate surface area is 104 Å². The van der Waals surface area contributed by atoms with E-state index >= 15 is 0 Å². The van der Waals surface area contributed by atoms with Crippen LogP contribution in [0.25, 0.3) is 11.5 Å². The molecule has 1 amide bonds. The summed E-state index contributed by atoms with van der Waals surface area (Å²) in [6.45, 7) is 5.08. The number of nitrogens with one attached hydrogen (secondary N) is 1. The van der Waals surface area contributed by atoms with Gasteiger partial charge in [-0.3, -0.25) is 9.78 Å². The number of pyridine rings is 1. The summed E-state index contributed by atoms with van der Waals surface area (Å²) in [7, 11) is 0. The fourth-order valence-corrected chi connectivity index (χ4v) is 1.59. The van der Waals surface area contributed by atoms with Crippen molar-refractivity contribution in [1.29, 1.82) is 0 Å². The topological polar surface area (TPSA) is 80.9 Å². The van der Waals surface area contributed by atoms with E-state index in [4.69, 9.17) is 4.52 Å². The predicted molar refractivity (Wildman–Crippen MR) is 64.4 cm³/mol. The van der Waals surface area contributed by atoms with E-state index in [0.29, 0.717) is 11.7 Å². The molecule has 18 heavy (non-hydrogen) atoms. The second kappa shape index (κ2) is 4.56. The number of carbonyl (C=O) groups is 1. The molecule has 0 saturated carbocycles. The normalized spacial score (nSPS) is 11.3. The third-order valence-electron chi connectivity index (χ3n) is 2.40. The molecule has 0 spiro atoms. The minimum atomic E-state index is -0.666. The van der Waals surface area contributed by atoms with Crippen molar-refractivity contribution < 1.29 is 9.32 Å². The van der Waals surface area contributed by atoms with Crippen LogP contribution in [0, 0.1) is 0 Å². The smallest absolute Gasteiger partial charge is 0.258 e. The number of hydrogen-bond acceptors (Lipinski definition) is 5. The van der Waals surface area contributed by atoms with Gasteiger partial charge in [-0.15, -0.1) is 0 Å². The second-order valence-electron chi connectivity index (χ2n) is 4.47. The Hall–Kier alpha value is -2.24. The zero-order valence-electron chi connectivity index (χ0n) is 10.5. The molecular weight excluding hydrogens is 232 g/mol. The van der Waals surface area contributed by atoms with E-state index in [1.165, 1.54) is 6.92 Å². The molecule has 0 atom stereocenters. The average Bonchev–Trinajstić information content (AvgIpc) is 2.78. The Bertz CT molecular complexity index is 548. The maximum Gasteiger partial charge on any atom is 0.258 e. The third-order valence-corrected chi connectivity index (χ3v) is 2.40. The first-order chi connectivity index (χ1) is 8.49. The van der Waals surface area contributed by atoms with Gasteiger partial charge in [-0.25, -0.2) is 0 Å². The van der Waals surface area contributed by atoms with Crippen LogP contribution in [0.2, 0.25) is 0 Å². The lowest BCUT2D eigenvalue weighted by molar-refractivity contribution is -0.120. The minimum absolute atomic E-state index is 0.143. The molecule has 0 unspecified atom stereocenters.